The van der Waals surface area contributed by atoms with Gasteiger partial charge >= 0.3 is 0 Å². The Morgan fingerprint density at radius 1 is 0.556 bits per heavy atom. The molecule has 12 aromatic rings. The number of oxazole rings is 2. The van der Waals surface area contributed by atoms with E-state index in [1.54, 1.807) is 92.8 Å². The normalized spacial score (nSPS) is 14.0. The Labute approximate surface area is 463 Å². The summed E-state index contributed by atoms with van der Waals surface area (Å²) in [6.07, 6.45) is 16.1. The fourth-order valence-corrected chi connectivity index (χ4v) is 9.70. The third kappa shape index (κ3) is 10.8. The summed E-state index contributed by atoms with van der Waals surface area (Å²) >= 11 is 5.77. The van der Waals surface area contributed by atoms with Crippen molar-refractivity contribution in [3.8, 4) is 45.6 Å². The van der Waals surface area contributed by atoms with Gasteiger partial charge < -0.3 is 35.4 Å². The van der Waals surface area contributed by atoms with E-state index in [0.29, 0.717) is 107 Å². The van der Waals surface area contributed by atoms with Crippen molar-refractivity contribution in [2.45, 2.75) is 26.9 Å². The van der Waals surface area contributed by atoms with E-state index in [1.807, 2.05) is 16.8 Å². The van der Waals surface area contributed by atoms with Crippen LogP contribution < -0.4 is 26.6 Å². The second-order valence-corrected chi connectivity index (χ2v) is 19.1. The molecule has 2 saturated heterocycles. The lowest BCUT2D eigenvalue weighted by Crippen LogP contribution is -2.47. The van der Waals surface area contributed by atoms with Gasteiger partial charge in [0.25, 0.3) is 0 Å². The summed E-state index contributed by atoms with van der Waals surface area (Å²) in [4.78, 5) is 49.7. The van der Waals surface area contributed by atoms with Crippen molar-refractivity contribution in [3.63, 3.8) is 0 Å². The highest BCUT2D eigenvalue weighted by Gasteiger charge is 2.23. The molecule has 10 aromatic heterocycles. The Bertz CT molecular complexity index is 4150. The number of nitrogens with one attached hydrogen (secondary N) is 1. The van der Waals surface area contributed by atoms with Crippen molar-refractivity contribution in [1.82, 2.24) is 98.8 Å². The van der Waals surface area contributed by atoms with Crippen LogP contribution in [0.3, 0.4) is 0 Å². The Morgan fingerprint density at radius 3 is 1.51 bits per heavy atom. The average Bonchev–Trinajstić information content (AvgIpc) is 4.53. The largest absolute Gasteiger partial charge is 0.449 e. The minimum atomic E-state index is -0.244. The second-order valence-electron chi connectivity index (χ2n) is 18.8. The standard InChI is InChI=1S/C26H25FN12O.C14H16FN3O.C12H10ClN9/c1-16-32-21(15-40-16)17-2-3-19(27)22(12-17)37-9-6-36(7-10-37)8-11-38-24-18(13-31-38)25-33-23(20-14-29-4-5-30-20)35-39(25)26(28)34-24;1-10-17-13(9-19-10)11-2-3-12(15)14(8-11)18-6-4-16-5-7-18;13-1-4-21-10-7(5-17-21)11-18-9(8-6-15-2-3-16-8)20-22(11)12(14)19-10/h2-5,12-15H,6-11H2,1H3,(H2,28,34);2-3,8-9,16H,4-7H2,1H3;2-3,5-6H,1,4H2,(H2,14,19). The Kier molecular flexibility index (Phi) is 14.5. The van der Waals surface area contributed by atoms with Crippen molar-refractivity contribution in [1.29, 1.82) is 0 Å². The molecule has 0 bridgehead atoms. The van der Waals surface area contributed by atoms with Crippen LogP contribution >= 0.6 is 11.6 Å². The highest BCUT2D eigenvalue weighted by molar-refractivity contribution is 6.17. The van der Waals surface area contributed by atoms with Crippen molar-refractivity contribution in [3.05, 3.63) is 122 Å². The summed E-state index contributed by atoms with van der Waals surface area (Å²) in [6.45, 7) is 11.9. The number of anilines is 4. The number of fused-ring (bicyclic) bond motifs is 6. The summed E-state index contributed by atoms with van der Waals surface area (Å²) < 4.78 is 45.7. The molecule has 0 unspecified atom stereocenters. The molecule has 0 saturated carbocycles. The van der Waals surface area contributed by atoms with Crippen LogP contribution in [-0.2, 0) is 13.1 Å². The van der Waals surface area contributed by atoms with Crippen LogP contribution in [0.25, 0.3) is 78.9 Å². The van der Waals surface area contributed by atoms with Gasteiger partial charge in [0, 0.05) is 115 Å². The topological polar surface area (TPSA) is 299 Å². The summed E-state index contributed by atoms with van der Waals surface area (Å²) in [7, 11) is 0. The number of benzene rings is 2. The van der Waals surface area contributed by atoms with Crippen LogP contribution in [0.5, 0.6) is 0 Å². The van der Waals surface area contributed by atoms with Gasteiger partial charge in [-0.05, 0) is 36.4 Å². The number of aromatic nitrogens is 18. The first-order valence-electron chi connectivity index (χ1n) is 25.8. The Hall–Kier alpha value is -9.67. The molecule has 81 heavy (non-hydrogen) atoms. The molecule has 0 radical (unpaired) electrons. The zero-order chi connectivity index (χ0) is 55.6. The fourth-order valence-electron chi connectivity index (χ4n) is 9.54. The number of hydrogen-bond donors (Lipinski definition) is 3. The van der Waals surface area contributed by atoms with Crippen LogP contribution in [0, 0.1) is 25.5 Å². The molecule has 2 fully saturated rings. The lowest BCUT2D eigenvalue weighted by molar-refractivity contribution is 0.245. The van der Waals surface area contributed by atoms with Crippen molar-refractivity contribution in [2.75, 3.05) is 86.0 Å². The minimum Gasteiger partial charge on any atom is -0.449 e. The zero-order valence-corrected chi connectivity index (χ0v) is 44.5. The second kappa shape index (κ2) is 22.6. The molecule has 26 nitrogen and oxygen atoms in total. The lowest BCUT2D eigenvalue weighted by atomic mass is 10.1. The number of piperazine rings is 2. The molecule has 0 aliphatic carbocycles. The molecular weight excluding hydrogens is 1070 g/mol. The van der Waals surface area contributed by atoms with Gasteiger partial charge in [-0.15, -0.1) is 21.8 Å². The minimum absolute atomic E-state index is 0.189. The first kappa shape index (κ1) is 52.1. The maximum atomic E-state index is 14.8. The average molecular weight is 1120 g/mol. The van der Waals surface area contributed by atoms with E-state index in [2.05, 4.69) is 90.3 Å². The predicted molar refractivity (Wildman–Crippen MR) is 297 cm³/mol. The number of nitrogens with zero attached hydrogens (tertiary/aromatic N) is 21. The molecule has 0 amide bonds. The van der Waals surface area contributed by atoms with Crippen LogP contribution in [0.2, 0.25) is 0 Å². The third-order valence-corrected chi connectivity index (χ3v) is 13.8. The van der Waals surface area contributed by atoms with Gasteiger partial charge in [-0.25, -0.2) is 48.0 Å². The first-order chi connectivity index (χ1) is 39.5. The quantitative estimate of drug-likeness (QED) is 0.137. The predicted octanol–water partition coefficient (Wildman–Crippen LogP) is 5.39. The number of aryl methyl sites for hydroxylation is 3. The van der Waals surface area contributed by atoms with Gasteiger partial charge in [0.2, 0.25) is 23.5 Å². The van der Waals surface area contributed by atoms with Crippen molar-refractivity contribution >= 4 is 68.2 Å². The first-order valence-corrected chi connectivity index (χ1v) is 26.3. The molecule has 2 aliphatic rings. The molecule has 2 aromatic carbocycles. The fraction of sp³-hybridized carbons (Fsp3) is 0.269. The molecule has 0 spiro atoms. The maximum Gasteiger partial charge on any atom is 0.225 e. The Morgan fingerprint density at radius 2 is 1.05 bits per heavy atom. The molecule has 412 valence electrons. The zero-order valence-electron chi connectivity index (χ0n) is 43.7. The molecular formula is C52H51ClF2N24O2. The van der Waals surface area contributed by atoms with E-state index in [4.69, 9.17) is 31.9 Å². The number of halogens is 3. The Balaban J connectivity index is 0.000000133. The van der Waals surface area contributed by atoms with Crippen LogP contribution in [0.15, 0.2) is 107 Å². The summed E-state index contributed by atoms with van der Waals surface area (Å²) in [5.41, 5.74) is 20.1. The molecule has 12 heterocycles. The van der Waals surface area contributed by atoms with E-state index in [0.717, 1.165) is 73.4 Å². The smallest absolute Gasteiger partial charge is 0.225 e. The summed E-state index contributed by atoms with van der Waals surface area (Å²) in [5.74, 6) is 2.47. The van der Waals surface area contributed by atoms with Crippen LogP contribution in [0.1, 0.15) is 11.8 Å². The van der Waals surface area contributed by atoms with Crippen LogP contribution in [0.4, 0.5) is 32.1 Å². The number of rotatable bonds is 11. The van der Waals surface area contributed by atoms with E-state index in [1.165, 1.54) is 21.2 Å². The van der Waals surface area contributed by atoms with Gasteiger partial charge in [0.15, 0.2) is 34.4 Å². The van der Waals surface area contributed by atoms with E-state index in [-0.39, 0.29) is 23.5 Å². The highest BCUT2D eigenvalue weighted by atomic mass is 35.5. The molecule has 2 aliphatic heterocycles. The molecule has 29 heteroatoms. The van der Waals surface area contributed by atoms with E-state index >= 15 is 0 Å². The summed E-state index contributed by atoms with van der Waals surface area (Å²) in [6, 6.07) is 10.1. The van der Waals surface area contributed by atoms with E-state index in [9.17, 15) is 8.78 Å². The molecule has 14 rings (SSSR count). The van der Waals surface area contributed by atoms with Crippen molar-refractivity contribution in [2.24, 2.45) is 0 Å². The third-order valence-electron chi connectivity index (χ3n) is 13.6. The number of hydrogen-bond acceptors (Lipinski definition) is 22. The van der Waals surface area contributed by atoms with E-state index < -0.39 is 0 Å². The van der Waals surface area contributed by atoms with Gasteiger partial charge in [0.05, 0.1) is 60.0 Å². The number of nitrogens with two attached hydrogens (primary N) is 2. The summed E-state index contributed by atoms with van der Waals surface area (Å²) in [5, 5.41) is 22.4. The monoisotopic (exact) mass is 1120 g/mol. The van der Waals surface area contributed by atoms with Crippen LogP contribution in [-0.4, -0.2) is 158 Å². The lowest BCUT2D eigenvalue weighted by Gasteiger charge is -2.36. The van der Waals surface area contributed by atoms with Gasteiger partial charge in [-0.2, -0.15) is 29.2 Å². The molecule has 5 N–H and O–H groups in total. The number of alkyl halides is 1. The number of nitrogen functional groups attached to an aromatic ring is 2. The van der Waals surface area contributed by atoms with Gasteiger partial charge in [-0.1, -0.05) is 0 Å². The maximum absolute atomic E-state index is 14.8. The van der Waals surface area contributed by atoms with Gasteiger partial charge in [0.1, 0.15) is 46.9 Å². The molecule has 0 atom stereocenters. The van der Waals surface area contributed by atoms with Gasteiger partial charge in [-0.3, -0.25) is 14.9 Å². The van der Waals surface area contributed by atoms with Crippen molar-refractivity contribution < 1.29 is 17.6 Å². The SMILES string of the molecule is Cc1nc(-c2ccc(F)c(N3CCN(CCn4ncc5c4nc(N)n4nc(-c6cnccn6)nc54)CC3)c2)co1.Cc1nc(-c2ccc(F)c(N3CCNCC3)c2)co1.Nc1nc2c(cnn2CCCl)c2nc(-c3cnccn3)nn12. The highest BCUT2D eigenvalue weighted by Crippen LogP contribution is 2.30.